The molecule has 2 aliphatic carbocycles. The fourth-order valence-electron chi connectivity index (χ4n) is 14.4. The van der Waals surface area contributed by atoms with Crippen LogP contribution < -0.4 is 0 Å². The summed E-state index contributed by atoms with van der Waals surface area (Å²) >= 11 is 0. The van der Waals surface area contributed by atoms with E-state index in [1.54, 1.807) is 0 Å². The molecule has 6 nitrogen and oxygen atoms in total. The van der Waals surface area contributed by atoms with Crippen molar-refractivity contribution in [2.75, 3.05) is 0 Å². The quantitative estimate of drug-likeness (QED) is 0.0961. The van der Waals surface area contributed by atoms with Gasteiger partial charge in [-0.25, -0.2) is 0 Å². The van der Waals surface area contributed by atoms with Gasteiger partial charge in [-0.3, -0.25) is 15.0 Å². The van der Waals surface area contributed by atoms with E-state index in [-0.39, 0.29) is 67.7 Å². The van der Waals surface area contributed by atoms with Gasteiger partial charge in [0.15, 0.2) is 0 Å². The number of hydrogen-bond donors (Lipinski definition) is 0. The molecule has 9 heteroatoms. The largest absolute Gasteiger partial charge is 0.340 e. The van der Waals surface area contributed by atoms with Crippen LogP contribution in [0, 0.1) is 32.0 Å². The second-order valence-corrected chi connectivity index (χ2v) is 26.1. The molecule has 14 rings (SSSR count). The molecule has 0 spiro atoms. The minimum absolute atomic E-state index is 0. The van der Waals surface area contributed by atoms with E-state index in [4.69, 9.17) is 9.97 Å². The molecule has 97 heavy (non-hydrogen) atoms. The van der Waals surface area contributed by atoms with E-state index in [1.807, 2.05) is 67.1 Å². The number of imidazole rings is 3. The van der Waals surface area contributed by atoms with Gasteiger partial charge in [-0.05, 0) is 179 Å². The van der Waals surface area contributed by atoms with Gasteiger partial charge in [-0.15, -0.1) is 108 Å². The van der Waals surface area contributed by atoms with Gasteiger partial charge < -0.3 is 13.7 Å². The topological polar surface area (TPSA) is 53.5 Å². The molecule has 0 aliphatic heterocycles. The van der Waals surface area contributed by atoms with E-state index >= 15 is 0 Å². The van der Waals surface area contributed by atoms with E-state index in [2.05, 4.69) is 250 Å². The molecule has 0 amide bonds. The van der Waals surface area contributed by atoms with Gasteiger partial charge in [-0.1, -0.05) is 177 Å². The molecule has 2 aliphatic rings. The Kier molecular flexibility index (Phi) is 27.9. The van der Waals surface area contributed by atoms with Gasteiger partial charge in [0.1, 0.15) is 0 Å². The summed E-state index contributed by atoms with van der Waals surface area (Å²) in [5.41, 5.74) is 25.8. The molecule has 505 valence electrons. The first kappa shape index (κ1) is 75.3. The third-order valence-electron chi connectivity index (χ3n) is 19.0. The number of hydrogen-bond acceptors (Lipinski definition) is 3. The van der Waals surface area contributed by atoms with E-state index < -0.39 is 0 Å². The molecule has 9 aromatic carbocycles. The molecular formula is C88H93Ir3N6-3. The normalized spacial score (nSPS) is 13.0. The minimum Gasteiger partial charge on any atom is -0.340 e. The van der Waals surface area contributed by atoms with Crippen LogP contribution in [0.25, 0.3) is 84.6 Å². The van der Waals surface area contributed by atoms with Gasteiger partial charge in [0.2, 0.25) is 0 Å². The SMILES string of the molecule is C.CCc1cc(-c2ccccc2)cc(CC)c1-n1ccnc1-c1[c-]cccc1.Cc1cc(C)cc(-c2cc(C(C)C)c(-n3ccnc3-c3[c-]cccc3)c(C(C)C)c2)c1.[Ir].[Ir].[Ir].[c-]1ccccc1-c1nccn1-c1c(C2CCCCC2)cc(-c2ccccc2)cc1C1CCCCC1. The van der Waals surface area contributed by atoms with Crippen LogP contribution in [0.1, 0.15) is 181 Å². The minimum atomic E-state index is 0. The maximum absolute atomic E-state index is 4.85. The smallest absolute Gasteiger partial charge is 0.0602 e. The molecule has 3 heterocycles. The van der Waals surface area contributed by atoms with Crippen LogP contribution in [0.5, 0.6) is 0 Å². The van der Waals surface area contributed by atoms with Crippen molar-refractivity contribution in [1.29, 1.82) is 0 Å². The second kappa shape index (κ2) is 35.9. The zero-order valence-corrected chi connectivity index (χ0v) is 64.0. The average Bonchev–Trinajstić information content (AvgIpc) is 1.76. The zero-order valence-electron chi connectivity index (χ0n) is 56.8. The molecule has 0 bridgehead atoms. The van der Waals surface area contributed by atoms with Gasteiger partial charge in [0, 0.05) is 115 Å². The predicted octanol–water partition coefficient (Wildman–Crippen LogP) is 23.7. The Morgan fingerprint density at radius 3 is 1.08 bits per heavy atom. The van der Waals surface area contributed by atoms with Gasteiger partial charge >= 0.3 is 0 Å². The fourth-order valence-corrected chi connectivity index (χ4v) is 14.4. The number of aromatic nitrogens is 6. The Balaban J connectivity index is 0.000000184. The van der Waals surface area contributed by atoms with Crippen LogP contribution in [0.2, 0.25) is 0 Å². The Morgan fingerprint density at radius 1 is 0.381 bits per heavy atom. The summed E-state index contributed by atoms with van der Waals surface area (Å²) < 4.78 is 6.87. The number of rotatable bonds is 15. The number of benzene rings is 9. The van der Waals surface area contributed by atoms with Crippen molar-refractivity contribution in [1.82, 2.24) is 28.7 Å². The molecule has 3 aromatic heterocycles. The summed E-state index contributed by atoms with van der Waals surface area (Å²) in [6.45, 7) is 17.9. The Hall–Kier alpha value is -7.44. The molecular weight excluding hydrogens is 1720 g/mol. The Bertz CT molecular complexity index is 4270. The molecule has 2 saturated carbocycles. The van der Waals surface area contributed by atoms with Crippen molar-refractivity contribution in [3.05, 3.63) is 288 Å². The van der Waals surface area contributed by atoms with Crippen molar-refractivity contribution < 1.29 is 60.3 Å². The maximum atomic E-state index is 4.85. The molecule has 0 saturated heterocycles. The third-order valence-corrected chi connectivity index (χ3v) is 19.0. The van der Waals surface area contributed by atoms with Crippen LogP contribution in [-0.2, 0) is 73.2 Å². The standard InChI is InChI=1S/C33H35N2.C29H31N2.C25H23N2.CH4.3Ir/c1-5-13-25(14-6-1)29-23-30(26-15-7-2-8-16-26)32(31(24-29)27-17-9-3-10-18-27)35-22-21-34-33(35)28-19-11-4-12-20-28;1-19(2)26-17-25(24-15-21(5)14-22(6)16-24)18-27(20(3)4)28(26)31-13-12-30-29(31)23-10-8-7-9-11-23;1-3-19-17-23(21-11-7-5-8-12-21)18-20(4-2)24(19)27-16-15-26-25(27)22-13-9-6-10-14-22;;;;/h1,4-6,11-14,19,21-24,26-27H,2-3,7-10,15-18H2;7-10,12-20H,1-6H3;5-13,15-18H,3-4H2,1-2H3;1H4;;;/q3*-1;;;;. The van der Waals surface area contributed by atoms with E-state index in [0.717, 1.165) is 47.0 Å². The predicted molar refractivity (Wildman–Crippen MR) is 395 cm³/mol. The monoisotopic (exact) mass is 1810 g/mol. The fraction of sp³-hybridized carbons (Fsp3) is 0.284. The molecule has 0 unspecified atom stereocenters. The maximum Gasteiger partial charge on any atom is 0.0602 e. The summed E-state index contributed by atoms with van der Waals surface area (Å²) in [7, 11) is 0. The van der Waals surface area contributed by atoms with Crippen LogP contribution in [0.4, 0.5) is 0 Å². The van der Waals surface area contributed by atoms with E-state index in [1.165, 1.54) is 159 Å². The molecule has 0 atom stereocenters. The Morgan fingerprint density at radius 2 is 0.722 bits per heavy atom. The number of aryl methyl sites for hydroxylation is 4. The van der Waals surface area contributed by atoms with Crippen molar-refractivity contribution in [3.63, 3.8) is 0 Å². The summed E-state index contributed by atoms with van der Waals surface area (Å²) in [6.07, 6.45) is 27.2. The van der Waals surface area contributed by atoms with E-state index in [9.17, 15) is 0 Å². The number of nitrogens with zero attached hydrogens (tertiary/aromatic N) is 6. The first-order chi connectivity index (χ1) is 45.5. The molecule has 0 N–H and O–H groups in total. The summed E-state index contributed by atoms with van der Waals surface area (Å²) in [6, 6.07) is 77.3. The first-order valence-corrected chi connectivity index (χ1v) is 34.3. The van der Waals surface area contributed by atoms with Crippen LogP contribution >= 0.6 is 0 Å². The van der Waals surface area contributed by atoms with Crippen molar-refractivity contribution in [2.24, 2.45) is 0 Å². The van der Waals surface area contributed by atoms with Crippen molar-refractivity contribution in [3.8, 4) is 84.6 Å². The molecule has 3 radical (unpaired) electrons. The van der Waals surface area contributed by atoms with Crippen LogP contribution in [0.3, 0.4) is 0 Å². The summed E-state index contributed by atoms with van der Waals surface area (Å²) in [5, 5.41) is 0. The van der Waals surface area contributed by atoms with Crippen molar-refractivity contribution >= 4 is 0 Å². The Labute approximate surface area is 620 Å². The molecule has 12 aromatic rings. The third kappa shape index (κ3) is 17.5. The van der Waals surface area contributed by atoms with Crippen LogP contribution in [0.15, 0.2) is 225 Å². The molecule has 2 fully saturated rings. The van der Waals surface area contributed by atoms with E-state index in [0.29, 0.717) is 23.7 Å². The van der Waals surface area contributed by atoms with Gasteiger partial charge in [0.25, 0.3) is 0 Å². The average molecular weight is 1810 g/mol. The van der Waals surface area contributed by atoms with Gasteiger partial charge in [-0.2, -0.15) is 0 Å². The van der Waals surface area contributed by atoms with Crippen molar-refractivity contribution in [2.45, 2.75) is 164 Å². The van der Waals surface area contributed by atoms with Crippen LogP contribution in [-0.4, -0.2) is 28.7 Å². The van der Waals surface area contributed by atoms with Gasteiger partial charge in [0.05, 0.1) is 17.5 Å². The second-order valence-electron chi connectivity index (χ2n) is 26.1. The first-order valence-electron chi connectivity index (χ1n) is 34.3. The zero-order chi connectivity index (χ0) is 64.2. The summed E-state index contributed by atoms with van der Waals surface area (Å²) in [5.74, 6) is 4.87. The summed E-state index contributed by atoms with van der Waals surface area (Å²) in [4.78, 5) is 14.2.